The standard InChI is InChI=1S/C14H23N3O2/c1-10(2)17(7-8-19-4)14(18)12-9-11(3)5-6-13(12)16-15/h5-6,9-10,16H,7-8,15H2,1-4H3. The van der Waals surface area contributed by atoms with E-state index in [0.29, 0.717) is 24.4 Å². The Hall–Kier alpha value is -1.59. The predicted molar refractivity (Wildman–Crippen MR) is 77.0 cm³/mol. The number of aryl methyl sites for hydroxylation is 1. The molecule has 0 unspecified atom stereocenters. The van der Waals surface area contributed by atoms with Crippen LogP contribution in [0.4, 0.5) is 5.69 Å². The normalized spacial score (nSPS) is 10.6. The average molecular weight is 265 g/mol. The molecule has 0 atom stereocenters. The first-order valence-electron chi connectivity index (χ1n) is 6.38. The number of nitrogens with one attached hydrogen (secondary N) is 1. The Morgan fingerprint density at radius 1 is 1.47 bits per heavy atom. The highest BCUT2D eigenvalue weighted by Gasteiger charge is 2.21. The van der Waals surface area contributed by atoms with Crippen molar-refractivity contribution >= 4 is 11.6 Å². The molecule has 0 spiro atoms. The fourth-order valence-corrected chi connectivity index (χ4v) is 1.90. The molecule has 0 heterocycles. The number of benzene rings is 1. The number of carbonyl (C=O) groups is 1. The topological polar surface area (TPSA) is 67.6 Å². The number of rotatable bonds is 6. The summed E-state index contributed by atoms with van der Waals surface area (Å²) in [5.41, 5.74) is 4.83. The number of carbonyl (C=O) groups excluding carboxylic acids is 1. The van der Waals surface area contributed by atoms with Gasteiger partial charge in [-0.25, -0.2) is 0 Å². The molecule has 0 saturated heterocycles. The van der Waals surface area contributed by atoms with Crippen LogP contribution in [0.25, 0.3) is 0 Å². The van der Waals surface area contributed by atoms with Crippen LogP contribution < -0.4 is 11.3 Å². The summed E-state index contributed by atoms with van der Waals surface area (Å²) in [6, 6.07) is 5.69. The van der Waals surface area contributed by atoms with Crippen LogP contribution in [0.3, 0.4) is 0 Å². The lowest BCUT2D eigenvalue weighted by atomic mass is 10.1. The monoisotopic (exact) mass is 265 g/mol. The first-order valence-corrected chi connectivity index (χ1v) is 6.38. The summed E-state index contributed by atoms with van der Waals surface area (Å²) >= 11 is 0. The molecule has 5 heteroatoms. The smallest absolute Gasteiger partial charge is 0.256 e. The summed E-state index contributed by atoms with van der Waals surface area (Å²) < 4.78 is 5.05. The van der Waals surface area contributed by atoms with E-state index in [2.05, 4.69) is 5.43 Å². The molecule has 5 nitrogen and oxygen atoms in total. The molecular formula is C14H23N3O2. The molecule has 0 aromatic heterocycles. The maximum Gasteiger partial charge on any atom is 0.256 e. The molecule has 19 heavy (non-hydrogen) atoms. The first kappa shape index (κ1) is 15.5. The van der Waals surface area contributed by atoms with Gasteiger partial charge in [0.25, 0.3) is 5.91 Å². The van der Waals surface area contributed by atoms with Gasteiger partial charge < -0.3 is 15.1 Å². The molecule has 0 aliphatic carbocycles. The van der Waals surface area contributed by atoms with Crippen molar-refractivity contribution in [1.29, 1.82) is 0 Å². The molecule has 0 bridgehead atoms. The van der Waals surface area contributed by atoms with E-state index in [1.165, 1.54) is 0 Å². The molecule has 106 valence electrons. The zero-order valence-corrected chi connectivity index (χ0v) is 12.1. The summed E-state index contributed by atoms with van der Waals surface area (Å²) in [6.45, 7) is 7.00. The van der Waals surface area contributed by atoms with Gasteiger partial charge in [-0.2, -0.15) is 0 Å². The van der Waals surface area contributed by atoms with E-state index in [4.69, 9.17) is 10.6 Å². The van der Waals surface area contributed by atoms with Gasteiger partial charge in [-0.3, -0.25) is 10.6 Å². The number of hydrogen-bond acceptors (Lipinski definition) is 4. The van der Waals surface area contributed by atoms with Crippen molar-refractivity contribution in [2.45, 2.75) is 26.8 Å². The van der Waals surface area contributed by atoms with Gasteiger partial charge in [0.1, 0.15) is 0 Å². The molecule has 0 aliphatic heterocycles. The molecule has 0 radical (unpaired) electrons. The van der Waals surface area contributed by atoms with Gasteiger partial charge in [0.05, 0.1) is 17.9 Å². The molecule has 0 fully saturated rings. The van der Waals surface area contributed by atoms with Crippen molar-refractivity contribution in [3.63, 3.8) is 0 Å². The molecule has 0 aliphatic rings. The van der Waals surface area contributed by atoms with Crippen LogP contribution in [0.15, 0.2) is 18.2 Å². The Morgan fingerprint density at radius 3 is 2.68 bits per heavy atom. The van der Waals surface area contributed by atoms with Gasteiger partial charge in [-0.05, 0) is 32.9 Å². The number of anilines is 1. The largest absolute Gasteiger partial charge is 0.383 e. The molecule has 1 amide bonds. The summed E-state index contributed by atoms with van der Waals surface area (Å²) in [7, 11) is 1.63. The van der Waals surface area contributed by atoms with Gasteiger partial charge in [0.2, 0.25) is 0 Å². The minimum Gasteiger partial charge on any atom is -0.383 e. The number of nitrogen functional groups attached to an aromatic ring is 1. The molecule has 0 saturated carbocycles. The molecule has 1 aromatic carbocycles. The van der Waals surface area contributed by atoms with Crippen molar-refractivity contribution < 1.29 is 9.53 Å². The Morgan fingerprint density at radius 2 is 2.16 bits per heavy atom. The van der Waals surface area contributed by atoms with Crippen LogP contribution in [0.1, 0.15) is 29.8 Å². The zero-order chi connectivity index (χ0) is 14.4. The third-order valence-electron chi connectivity index (χ3n) is 2.98. The second-order valence-electron chi connectivity index (χ2n) is 4.78. The number of nitrogens with zero attached hydrogens (tertiary/aromatic N) is 1. The van der Waals surface area contributed by atoms with E-state index in [1.807, 2.05) is 39.0 Å². The van der Waals surface area contributed by atoms with Gasteiger partial charge >= 0.3 is 0 Å². The van der Waals surface area contributed by atoms with Crippen molar-refractivity contribution in [2.75, 3.05) is 25.7 Å². The highest BCUT2D eigenvalue weighted by Crippen LogP contribution is 2.19. The number of hydrogen-bond donors (Lipinski definition) is 2. The Bertz CT molecular complexity index is 433. The van der Waals surface area contributed by atoms with Crippen LogP contribution in [0, 0.1) is 6.92 Å². The van der Waals surface area contributed by atoms with Gasteiger partial charge in [0, 0.05) is 19.7 Å². The highest BCUT2D eigenvalue weighted by molar-refractivity contribution is 5.99. The number of nitrogens with two attached hydrogens (primary N) is 1. The zero-order valence-electron chi connectivity index (χ0n) is 12.1. The number of ether oxygens (including phenoxy) is 1. The average Bonchev–Trinajstić information content (AvgIpc) is 2.38. The molecule has 1 rings (SSSR count). The van der Waals surface area contributed by atoms with E-state index in [-0.39, 0.29) is 11.9 Å². The quantitative estimate of drug-likeness (QED) is 0.607. The summed E-state index contributed by atoms with van der Waals surface area (Å²) in [5.74, 6) is 5.43. The van der Waals surface area contributed by atoms with E-state index in [1.54, 1.807) is 12.0 Å². The van der Waals surface area contributed by atoms with Gasteiger partial charge in [-0.15, -0.1) is 0 Å². The number of amides is 1. The van der Waals surface area contributed by atoms with E-state index < -0.39 is 0 Å². The van der Waals surface area contributed by atoms with Crippen molar-refractivity contribution in [3.8, 4) is 0 Å². The lowest BCUT2D eigenvalue weighted by Crippen LogP contribution is -2.39. The minimum absolute atomic E-state index is 0.0382. The third-order valence-corrected chi connectivity index (χ3v) is 2.98. The summed E-state index contributed by atoms with van der Waals surface area (Å²) in [5, 5.41) is 0. The van der Waals surface area contributed by atoms with Crippen LogP contribution in [0.5, 0.6) is 0 Å². The number of methoxy groups -OCH3 is 1. The van der Waals surface area contributed by atoms with Gasteiger partial charge in [-0.1, -0.05) is 11.6 Å². The third kappa shape index (κ3) is 3.94. The van der Waals surface area contributed by atoms with Crippen molar-refractivity contribution in [2.24, 2.45) is 5.84 Å². The maximum absolute atomic E-state index is 12.6. The second kappa shape index (κ2) is 7.11. The molecule has 1 aromatic rings. The molecule has 3 N–H and O–H groups in total. The fourth-order valence-electron chi connectivity index (χ4n) is 1.90. The first-order chi connectivity index (χ1) is 9.01. The fraction of sp³-hybridized carbons (Fsp3) is 0.500. The van der Waals surface area contributed by atoms with Crippen LogP contribution in [-0.4, -0.2) is 37.1 Å². The minimum atomic E-state index is -0.0382. The van der Waals surface area contributed by atoms with E-state index >= 15 is 0 Å². The molecular weight excluding hydrogens is 242 g/mol. The van der Waals surface area contributed by atoms with Crippen molar-refractivity contribution in [3.05, 3.63) is 29.3 Å². The lowest BCUT2D eigenvalue weighted by molar-refractivity contribution is 0.0636. The lowest BCUT2D eigenvalue weighted by Gasteiger charge is -2.27. The van der Waals surface area contributed by atoms with E-state index in [9.17, 15) is 4.79 Å². The summed E-state index contributed by atoms with van der Waals surface area (Å²) in [4.78, 5) is 14.4. The Kier molecular flexibility index (Phi) is 5.79. The maximum atomic E-state index is 12.6. The van der Waals surface area contributed by atoms with E-state index in [0.717, 1.165) is 5.56 Å². The van der Waals surface area contributed by atoms with Gasteiger partial charge in [0.15, 0.2) is 0 Å². The SMILES string of the molecule is COCCN(C(=O)c1cc(C)ccc1NN)C(C)C. The van der Waals surface area contributed by atoms with Crippen LogP contribution in [0.2, 0.25) is 0 Å². The number of hydrazine groups is 1. The Labute approximate surface area is 114 Å². The predicted octanol–water partition coefficient (Wildman–Crippen LogP) is 1.78. The summed E-state index contributed by atoms with van der Waals surface area (Å²) in [6.07, 6.45) is 0. The van der Waals surface area contributed by atoms with Crippen LogP contribution in [-0.2, 0) is 4.74 Å². The van der Waals surface area contributed by atoms with Crippen molar-refractivity contribution in [1.82, 2.24) is 4.90 Å². The Balaban J connectivity index is 3.04. The van der Waals surface area contributed by atoms with Crippen LogP contribution >= 0.6 is 0 Å². The second-order valence-corrected chi connectivity index (χ2v) is 4.78. The highest BCUT2D eigenvalue weighted by atomic mass is 16.5.